The fourth-order valence-corrected chi connectivity index (χ4v) is 3.95. The van der Waals surface area contributed by atoms with Gasteiger partial charge in [-0.25, -0.2) is 0 Å². The van der Waals surface area contributed by atoms with E-state index in [-0.39, 0.29) is 5.41 Å². The van der Waals surface area contributed by atoms with Crippen LogP contribution in [0.25, 0.3) is 11.1 Å². The van der Waals surface area contributed by atoms with Crippen LogP contribution < -0.4 is 5.32 Å². The summed E-state index contributed by atoms with van der Waals surface area (Å²) in [5, 5.41) is 3.63. The molecule has 0 amide bonds. The van der Waals surface area contributed by atoms with E-state index in [0.29, 0.717) is 0 Å². The van der Waals surface area contributed by atoms with E-state index < -0.39 is 0 Å². The van der Waals surface area contributed by atoms with E-state index in [0.717, 1.165) is 5.69 Å². The van der Waals surface area contributed by atoms with Gasteiger partial charge in [-0.1, -0.05) is 62.4 Å². The number of aryl methyl sites for hydroxylation is 2. The molecule has 1 heteroatoms. The summed E-state index contributed by atoms with van der Waals surface area (Å²) in [6.07, 6.45) is 0. The van der Waals surface area contributed by atoms with Crippen LogP contribution in [-0.4, -0.2) is 0 Å². The number of benzene rings is 3. The number of fused-ring (bicyclic) bond motifs is 3. The Morgan fingerprint density at radius 3 is 2.12 bits per heavy atom. The van der Waals surface area contributed by atoms with Gasteiger partial charge >= 0.3 is 0 Å². The lowest BCUT2D eigenvalue weighted by atomic mass is 9.82. The summed E-state index contributed by atoms with van der Waals surface area (Å²) in [6.45, 7) is 8.94. The number of nitrogens with one attached hydrogen (secondary N) is 1. The van der Waals surface area contributed by atoms with Crippen molar-refractivity contribution in [2.45, 2.75) is 33.1 Å². The molecule has 0 fully saturated rings. The molecule has 0 spiro atoms. The Labute approximate surface area is 144 Å². The lowest BCUT2D eigenvalue weighted by molar-refractivity contribution is 0.660. The molecule has 0 unspecified atom stereocenters. The molecule has 0 aliphatic heterocycles. The maximum absolute atomic E-state index is 3.63. The van der Waals surface area contributed by atoms with Crippen molar-refractivity contribution in [2.24, 2.45) is 0 Å². The van der Waals surface area contributed by atoms with Crippen molar-refractivity contribution < 1.29 is 0 Å². The largest absolute Gasteiger partial charge is 0.355 e. The number of rotatable bonds is 2. The van der Waals surface area contributed by atoms with E-state index in [4.69, 9.17) is 0 Å². The summed E-state index contributed by atoms with van der Waals surface area (Å²) in [5.41, 5.74) is 10.5. The summed E-state index contributed by atoms with van der Waals surface area (Å²) in [6, 6.07) is 22.0. The van der Waals surface area contributed by atoms with Gasteiger partial charge in [0.15, 0.2) is 0 Å². The molecule has 4 rings (SSSR count). The fourth-order valence-electron chi connectivity index (χ4n) is 3.95. The molecular weight excluding hydrogens is 290 g/mol. The van der Waals surface area contributed by atoms with Gasteiger partial charge in [0.2, 0.25) is 0 Å². The standard InChI is InChI=1S/C23H23N/c1-15-8-7-9-16(2)22(15)24-17-12-13-21-19(14-17)18-10-5-6-11-20(18)23(21,3)4/h5-14,24H,1-4H3. The molecule has 24 heavy (non-hydrogen) atoms. The van der Waals surface area contributed by atoms with E-state index in [2.05, 4.69) is 93.7 Å². The van der Waals surface area contributed by atoms with Crippen molar-refractivity contribution in [3.05, 3.63) is 82.9 Å². The van der Waals surface area contributed by atoms with Gasteiger partial charge in [0.05, 0.1) is 0 Å². The Morgan fingerprint density at radius 2 is 1.38 bits per heavy atom. The van der Waals surface area contributed by atoms with E-state index in [1.54, 1.807) is 0 Å². The molecule has 3 aromatic rings. The zero-order chi connectivity index (χ0) is 16.9. The fraction of sp³-hybridized carbons (Fsp3) is 0.217. The molecule has 0 aromatic heterocycles. The highest BCUT2D eigenvalue weighted by atomic mass is 14.9. The Hall–Kier alpha value is -2.54. The van der Waals surface area contributed by atoms with Crippen molar-refractivity contribution in [2.75, 3.05) is 5.32 Å². The molecule has 1 aliphatic rings. The molecule has 1 N–H and O–H groups in total. The van der Waals surface area contributed by atoms with Crippen LogP contribution in [0.2, 0.25) is 0 Å². The van der Waals surface area contributed by atoms with Crippen LogP contribution >= 0.6 is 0 Å². The Balaban J connectivity index is 1.81. The molecule has 0 saturated heterocycles. The third-order valence-corrected chi connectivity index (χ3v) is 5.33. The van der Waals surface area contributed by atoms with Gasteiger partial charge in [-0.05, 0) is 59.4 Å². The third kappa shape index (κ3) is 2.16. The minimum Gasteiger partial charge on any atom is -0.355 e. The number of hydrogen-bond donors (Lipinski definition) is 1. The second kappa shape index (κ2) is 5.24. The minimum absolute atomic E-state index is 0.0725. The third-order valence-electron chi connectivity index (χ3n) is 5.33. The lowest BCUT2D eigenvalue weighted by Gasteiger charge is -2.21. The van der Waals surface area contributed by atoms with E-state index >= 15 is 0 Å². The van der Waals surface area contributed by atoms with Crippen molar-refractivity contribution in [3.63, 3.8) is 0 Å². The van der Waals surface area contributed by atoms with Gasteiger partial charge in [0, 0.05) is 16.8 Å². The summed E-state index contributed by atoms with van der Waals surface area (Å²) < 4.78 is 0. The summed E-state index contributed by atoms with van der Waals surface area (Å²) in [5.74, 6) is 0. The van der Waals surface area contributed by atoms with Crippen LogP contribution in [0.5, 0.6) is 0 Å². The zero-order valence-electron chi connectivity index (χ0n) is 14.8. The SMILES string of the molecule is Cc1cccc(C)c1Nc1ccc2c(c1)-c1ccccc1C2(C)C. The van der Waals surface area contributed by atoms with Gasteiger partial charge in [-0.2, -0.15) is 0 Å². The monoisotopic (exact) mass is 313 g/mol. The molecule has 3 aromatic carbocycles. The maximum atomic E-state index is 3.63. The van der Waals surface area contributed by atoms with Crippen LogP contribution in [0.15, 0.2) is 60.7 Å². The normalized spacial score (nSPS) is 14.2. The van der Waals surface area contributed by atoms with Gasteiger partial charge in [-0.15, -0.1) is 0 Å². The first-order chi connectivity index (χ1) is 11.5. The molecule has 1 aliphatic carbocycles. The van der Waals surface area contributed by atoms with E-state index in [1.165, 1.54) is 39.1 Å². The molecular formula is C23H23N. The van der Waals surface area contributed by atoms with E-state index in [1.807, 2.05) is 0 Å². The Kier molecular flexibility index (Phi) is 3.28. The number of anilines is 2. The van der Waals surface area contributed by atoms with Gasteiger partial charge in [0.1, 0.15) is 0 Å². The topological polar surface area (TPSA) is 12.0 Å². The average Bonchev–Trinajstić information content (AvgIpc) is 2.80. The number of para-hydroxylation sites is 1. The first-order valence-electron chi connectivity index (χ1n) is 8.56. The quantitative estimate of drug-likeness (QED) is 0.581. The highest BCUT2D eigenvalue weighted by molar-refractivity contribution is 5.84. The summed E-state index contributed by atoms with van der Waals surface area (Å²) in [4.78, 5) is 0. The molecule has 1 nitrogen and oxygen atoms in total. The molecule has 0 radical (unpaired) electrons. The predicted octanol–water partition coefficient (Wildman–Crippen LogP) is 6.35. The Bertz CT molecular complexity index is 914. The van der Waals surface area contributed by atoms with Crippen LogP contribution in [0.3, 0.4) is 0 Å². The first-order valence-corrected chi connectivity index (χ1v) is 8.56. The zero-order valence-corrected chi connectivity index (χ0v) is 14.8. The second-order valence-corrected chi connectivity index (χ2v) is 7.32. The summed E-state index contributed by atoms with van der Waals surface area (Å²) >= 11 is 0. The van der Waals surface area contributed by atoms with Gasteiger partial charge in [0.25, 0.3) is 0 Å². The molecule has 0 atom stereocenters. The molecule has 0 heterocycles. The second-order valence-electron chi connectivity index (χ2n) is 7.32. The molecule has 120 valence electrons. The van der Waals surface area contributed by atoms with Crippen molar-refractivity contribution in [1.82, 2.24) is 0 Å². The van der Waals surface area contributed by atoms with Crippen LogP contribution in [-0.2, 0) is 5.41 Å². The maximum Gasteiger partial charge on any atom is 0.0443 e. The highest BCUT2D eigenvalue weighted by Gasteiger charge is 2.34. The Morgan fingerprint density at radius 1 is 0.708 bits per heavy atom. The van der Waals surface area contributed by atoms with Gasteiger partial charge < -0.3 is 5.32 Å². The van der Waals surface area contributed by atoms with Crippen molar-refractivity contribution in [1.29, 1.82) is 0 Å². The van der Waals surface area contributed by atoms with Crippen LogP contribution in [0.4, 0.5) is 11.4 Å². The predicted molar refractivity (Wildman–Crippen MR) is 103 cm³/mol. The smallest absolute Gasteiger partial charge is 0.0443 e. The minimum atomic E-state index is 0.0725. The molecule has 0 bridgehead atoms. The van der Waals surface area contributed by atoms with Crippen LogP contribution in [0.1, 0.15) is 36.1 Å². The average molecular weight is 313 g/mol. The first kappa shape index (κ1) is 15.0. The van der Waals surface area contributed by atoms with E-state index in [9.17, 15) is 0 Å². The lowest BCUT2D eigenvalue weighted by Crippen LogP contribution is -2.14. The highest BCUT2D eigenvalue weighted by Crippen LogP contribution is 2.49. The number of hydrogen-bond acceptors (Lipinski definition) is 1. The van der Waals surface area contributed by atoms with Crippen LogP contribution in [0, 0.1) is 13.8 Å². The van der Waals surface area contributed by atoms with Crippen molar-refractivity contribution in [3.8, 4) is 11.1 Å². The van der Waals surface area contributed by atoms with Gasteiger partial charge in [-0.3, -0.25) is 0 Å². The molecule has 0 saturated carbocycles. The summed E-state index contributed by atoms with van der Waals surface area (Å²) in [7, 11) is 0. The van der Waals surface area contributed by atoms with Crippen molar-refractivity contribution >= 4 is 11.4 Å².